The minimum atomic E-state index is -3.80. The van der Waals surface area contributed by atoms with Crippen molar-refractivity contribution in [1.82, 2.24) is 25.0 Å². The number of sulfonamides is 1. The highest BCUT2D eigenvalue weighted by molar-refractivity contribution is 7.92. The molecule has 3 aromatic rings. The standard InChI is InChI=1S/C11H11N7O2S/c1-7-6-10-14-16-17-18(10)11(13-7)15-21(19,20)9-4-2-8(12)3-5-9/h2-6H,12H2,1H3,(H,13,15). The third-order valence-corrected chi connectivity index (χ3v) is 4.07. The second kappa shape index (κ2) is 4.66. The second-order valence-corrected chi connectivity index (χ2v) is 6.03. The van der Waals surface area contributed by atoms with Crippen LogP contribution in [0.2, 0.25) is 0 Å². The van der Waals surface area contributed by atoms with Gasteiger partial charge in [0, 0.05) is 17.4 Å². The summed E-state index contributed by atoms with van der Waals surface area (Å²) < 4.78 is 28.2. The Morgan fingerprint density at radius 2 is 1.95 bits per heavy atom. The number of hydrogen-bond acceptors (Lipinski definition) is 7. The molecule has 108 valence electrons. The maximum atomic E-state index is 12.3. The Labute approximate surface area is 119 Å². The van der Waals surface area contributed by atoms with Crippen LogP contribution >= 0.6 is 0 Å². The van der Waals surface area contributed by atoms with Crippen LogP contribution in [0.5, 0.6) is 0 Å². The van der Waals surface area contributed by atoms with Crippen LogP contribution in [0, 0.1) is 6.92 Å². The van der Waals surface area contributed by atoms with E-state index < -0.39 is 10.0 Å². The Hall–Kier alpha value is -2.75. The number of anilines is 2. The molecule has 0 saturated heterocycles. The highest BCUT2D eigenvalue weighted by Gasteiger charge is 2.17. The summed E-state index contributed by atoms with van der Waals surface area (Å²) in [5, 5.41) is 11.0. The lowest BCUT2D eigenvalue weighted by Gasteiger charge is -2.08. The number of benzene rings is 1. The Bertz CT molecular complexity index is 902. The van der Waals surface area contributed by atoms with Crippen LogP contribution in [0.25, 0.3) is 5.65 Å². The Kier molecular flexibility index (Phi) is 2.94. The van der Waals surface area contributed by atoms with Gasteiger partial charge >= 0.3 is 0 Å². The molecule has 0 spiro atoms. The number of fused-ring (bicyclic) bond motifs is 1. The summed E-state index contributed by atoms with van der Waals surface area (Å²) in [6, 6.07) is 7.46. The molecule has 9 nitrogen and oxygen atoms in total. The maximum absolute atomic E-state index is 12.3. The summed E-state index contributed by atoms with van der Waals surface area (Å²) in [5.41, 5.74) is 7.01. The summed E-state index contributed by atoms with van der Waals surface area (Å²) in [6.45, 7) is 1.72. The molecule has 0 saturated carbocycles. The third kappa shape index (κ3) is 2.48. The van der Waals surface area contributed by atoms with Crippen molar-refractivity contribution in [2.75, 3.05) is 10.5 Å². The SMILES string of the molecule is Cc1cc2nnnn2c(NS(=O)(=O)c2ccc(N)cc2)n1. The third-order valence-electron chi connectivity index (χ3n) is 2.73. The first-order chi connectivity index (χ1) is 9.95. The summed E-state index contributed by atoms with van der Waals surface area (Å²) in [4.78, 5) is 4.18. The van der Waals surface area contributed by atoms with Gasteiger partial charge in [0.05, 0.1) is 4.90 Å². The second-order valence-electron chi connectivity index (χ2n) is 4.34. The molecule has 0 aliphatic carbocycles. The number of nitrogens with zero attached hydrogens (tertiary/aromatic N) is 5. The van der Waals surface area contributed by atoms with Gasteiger partial charge in [-0.1, -0.05) is 0 Å². The lowest BCUT2D eigenvalue weighted by atomic mass is 10.3. The van der Waals surface area contributed by atoms with E-state index in [0.29, 0.717) is 17.0 Å². The zero-order valence-electron chi connectivity index (χ0n) is 10.9. The van der Waals surface area contributed by atoms with Crippen molar-refractivity contribution in [2.45, 2.75) is 11.8 Å². The van der Waals surface area contributed by atoms with E-state index in [-0.39, 0.29) is 10.8 Å². The van der Waals surface area contributed by atoms with Gasteiger partial charge in [-0.15, -0.1) is 5.10 Å². The molecular formula is C11H11N7O2S. The molecule has 3 N–H and O–H groups in total. The largest absolute Gasteiger partial charge is 0.399 e. The van der Waals surface area contributed by atoms with Crippen molar-refractivity contribution >= 4 is 27.3 Å². The van der Waals surface area contributed by atoms with Crippen LogP contribution in [-0.2, 0) is 10.0 Å². The Balaban J connectivity index is 2.05. The average Bonchev–Trinajstić information content (AvgIpc) is 2.87. The van der Waals surface area contributed by atoms with E-state index in [1.165, 1.54) is 28.8 Å². The van der Waals surface area contributed by atoms with Crippen LogP contribution in [0.1, 0.15) is 5.69 Å². The molecule has 0 atom stereocenters. The van der Waals surface area contributed by atoms with Crippen LogP contribution < -0.4 is 10.5 Å². The summed E-state index contributed by atoms with van der Waals surface area (Å²) in [7, 11) is -3.80. The predicted octanol–water partition coefficient (Wildman–Crippen LogP) is 0.211. The molecule has 2 heterocycles. The van der Waals surface area contributed by atoms with Crippen LogP contribution in [0.15, 0.2) is 35.2 Å². The Morgan fingerprint density at radius 1 is 1.24 bits per heavy atom. The fourth-order valence-corrected chi connectivity index (χ4v) is 2.75. The van der Waals surface area contributed by atoms with E-state index in [9.17, 15) is 8.42 Å². The van der Waals surface area contributed by atoms with Crippen molar-refractivity contribution in [3.8, 4) is 0 Å². The van der Waals surface area contributed by atoms with E-state index in [0.717, 1.165) is 0 Å². The molecule has 0 aliphatic heterocycles. The highest BCUT2D eigenvalue weighted by atomic mass is 32.2. The zero-order valence-corrected chi connectivity index (χ0v) is 11.7. The number of aromatic nitrogens is 5. The molecule has 0 amide bonds. The van der Waals surface area contributed by atoms with E-state index in [4.69, 9.17) is 5.73 Å². The first kappa shape index (κ1) is 13.2. The molecular weight excluding hydrogens is 294 g/mol. The zero-order chi connectivity index (χ0) is 15.0. The Morgan fingerprint density at radius 3 is 2.67 bits per heavy atom. The first-order valence-corrected chi connectivity index (χ1v) is 7.38. The van der Waals surface area contributed by atoms with Gasteiger partial charge in [-0.2, -0.15) is 4.52 Å². The maximum Gasteiger partial charge on any atom is 0.264 e. The molecule has 3 rings (SSSR count). The van der Waals surface area contributed by atoms with Crippen LogP contribution in [-0.4, -0.2) is 33.4 Å². The van der Waals surface area contributed by atoms with E-state index in [2.05, 4.69) is 25.2 Å². The van der Waals surface area contributed by atoms with Gasteiger partial charge in [0.15, 0.2) is 5.65 Å². The first-order valence-electron chi connectivity index (χ1n) is 5.90. The van der Waals surface area contributed by atoms with Crippen LogP contribution in [0.3, 0.4) is 0 Å². The van der Waals surface area contributed by atoms with E-state index >= 15 is 0 Å². The van der Waals surface area contributed by atoms with Crippen molar-refractivity contribution in [1.29, 1.82) is 0 Å². The molecule has 0 bridgehead atoms. The van der Waals surface area contributed by atoms with E-state index in [1.807, 2.05) is 0 Å². The van der Waals surface area contributed by atoms with Gasteiger partial charge in [-0.25, -0.2) is 18.1 Å². The predicted molar refractivity (Wildman–Crippen MR) is 75.0 cm³/mol. The molecule has 2 aromatic heterocycles. The minimum absolute atomic E-state index is 0.0202. The molecule has 1 aromatic carbocycles. The fourth-order valence-electron chi connectivity index (χ4n) is 1.76. The lowest BCUT2D eigenvalue weighted by molar-refractivity contribution is 0.600. The number of nitrogens with one attached hydrogen (secondary N) is 1. The number of aryl methyl sites for hydroxylation is 1. The molecule has 0 aliphatic rings. The molecule has 21 heavy (non-hydrogen) atoms. The number of nitrogen functional groups attached to an aromatic ring is 1. The smallest absolute Gasteiger partial charge is 0.264 e. The van der Waals surface area contributed by atoms with Gasteiger partial charge in [-0.3, -0.25) is 0 Å². The van der Waals surface area contributed by atoms with Crippen LogP contribution in [0.4, 0.5) is 11.6 Å². The fraction of sp³-hybridized carbons (Fsp3) is 0.0909. The molecule has 0 radical (unpaired) electrons. The number of nitrogens with two attached hydrogens (primary N) is 1. The monoisotopic (exact) mass is 305 g/mol. The lowest BCUT2D eigenvalue weighted by Crippen LogP contribution is -2.17. The highest BCUT2D eigenvalue weighted by Crippen LogP contribution is 2.16. The number of tetrazole rings is 1. The van der Waals surface area contributed by atoms with Gasteiger partial charge < -0.3 is 5.73 Å². The van der Waals surface area contributed by atoms with Gasteiger partial charge in [0.25, 0.3) is 10.0 Å². The topological polar surface area (TPSA) is 128 Å². The quantitative estimate of drug-likeness (QED) is 0.662. The van der Waals surface area contributed by atoms with E-state index in [1.54, 1.807) is 13.0 Å². The van der Waals surface area contributed by atoms with Crippen molar-refractivity contribution in [3.05, 3.63) is 36.0 Å². The number of rotatable bonds is 3. The summed E-state index contributed by atoms with van der Waals surface area (Å²) >= 11 is 0. The molecule has 0 fully saturated rings. The minimum Gasteiger partial charge on any atom is -0.399 e. The van der Waals surface area contributed by atoms with Crippen molar-refractivity contribution in [2.24, 2.45) is 0 Å². The molecule has 10 heteroatoms. The van der Waals surface area contributed by atoms with Gasteiger partial charge in [-0.05, 0) is 41.6 Å². The molecule has 0 unspecified atom stereocenters. The summed E-state index contributed by atoms with van der Waals surface area (Å²) in [5.74, 6) is 0.0202. The van der Waals surface area contributed by atoms with Gasteiger partial charge in [0.2, 0.25) is 5.95 Å². The van der Waals surface area contributed by atoms with Crippen molar-refractivity contribution in [3.63, 3.8) is 0 Å². The normalized spacial score (nSPS) is 11.7. The van der Waals surface area contributed by atoms with Gasteiger partial charge in [0.1, 0.15) is 0 Å². The van der Waals surface area contributed by atoms with Crippen molar-refractivity contribution < 1.29 is 8.42 Å². The summed E-state index contributed by atoms with van der Waals surface area (Å²) in [6.07, 6.45) is 0. The average molecular weight is 305 g/mol. The number of hydrogen-bond donors (Lipinski definition) is 2.